The van der Waals surface area contributed by atoms with Gasteiger partial charge in [-0.3, -0.25) is 14.0 Å². The number of amides is 1. The lowest BCUT2D eigenvalue weighted by Gasteiger charge is -2.32. The van der Waals surface area contributed by atoms with Crippen molar-refractivity contribution in [2.24, 2.45) is 5.92 Å². The Labute approximate surface area is 157 Å². The standard InChI is InChI=1S/C21H22N4O2/c26-20-14-19(23-18-8-4-5-11-25(18)20)24-12-9-17(10-13-24)21(27)22-15-16-6-2-1-3-7-16/h1-8,11,14,17H,9-10,12-13,15H2,(H,22,27). The summed E-state index contributed by atoms with van der Waals surface area (Å²) in [6, 6.07) is 17.0. The molecule has 0 aliphatic carbocycles. The summed E-state index contributed by atoms with van der Waals surface area (Å²) < 4.78 is 1.53. The Balaban J connectivity index is 1.37. The van der Waals surface area contributed by atoms with E-state index in [1.807, 2.05) is 48.5 Å². The van der Waals surface area contributed by atoms with Crippen molar-refractivity contribution >= 4 is 17.4 Å². The van der Waals surface area contributed by atoms with Crippen molar-refractivity contribution in [1.82, 2.24) is 14.7 Å². The fourth-order valence-corrected chi connectivity index (χ4v) is 3.50. The molecular formula is C21H22N4O2. The van der Waals surface area contributed by atoms with Crippen molar-refractivity contribution in [3.63, 3.8) is 0 Å². The number of carbonyl (C=O) groups excluding carboxylic acids is 1. The molecule has 0 bridgehead atoms. The average Bonchev–Trinajstić information content (AvgIpc) is 2.73. The number of nitrogens with zero attached hydrogens (tertiary/aromatic N) is 3. The molecule has 138 valence electrons. The van der Waals surface area contributed by atoms with Crippen molar-refractivity contribution in [3.05, 3.63) is 76.7 Å². The van der Waals surface area contributed by atoms with E-state index < -0.39 is 0 Å². The van der Waals surface area contributed by atoms with Crippen LogP contribution in [-0.2, 0) is 11.3 Å². The number of hydrogen-bond donors (Lipinski definition) is 1. The van der Waals surface area contributed by atoms with Crippen LogP contribution in [0.3, 0.4) is 0 Å². The van der Waals surface area contributed by atoms with Gasteiger partial charge in [-0.05, 0) is 30.5 Å². The summed E-state index contributed by atoms with van der Waals surface area (Å²) >= 11 is 0. The molecule has 1 N–H and O–H groups in total. The van der Waals surface area contributed by atoms with Gasteiger partial charge in [0.25, 0.3) is 5.56 Å². The van der Waals surface area contributed by atoms with E-state index in [1.165, 1.54) is 4.40 Å². The van der Waals surface area contributed by atoms with Crippen LogP contribution in [0.2, 0.25) is 0 Å². The van der Waals surface area contributed by atoms with Crippen molar-refractivity contribution < 1.29 is 4.79 Å². The highest BCUT2D eigenvalue weighted by Gasteiger charge is 2.25. The molecule has 0 unspecified atom stereocenters. The molecule has 3 heterocycles. The minimum atomic E-state index is -0.0849. The Kier molecular flexibility index (Phi) is 4.87. The maximum atomic E-state index is 12.4. The highest BCUT2D eigenvalue weighted by molar-refractivity contribution is 5.79. The van der Waals surface area contributed by atoms with Crippen molar-refractivity contribution in [2.75, 3.05) is 18.0 Å². The van der Waals surface area contributed by atoms with E-state index in [-0.39, 0.29) is 17.4 Å². The van der Waals surface area contributed by atoms with Gasteiger partial charge in [0.15, 0.2) is 0 Å². The molecule has 1 amide bonds. The molecule has 6 heteroatoms. The number of hydrogen-bond acceptors (Lipinski definition) is 4. The van der Waals surface area contributed by atoms with Gasteiger partial charge in [0.2, 0.25) is 5.91 Å². The Hall–Kier alpha value is -3.15. The highest BCUT2D eigenvalue weighted by Crippen LogP contribution is 2.21. The van der Waals surface area contributed by atoms with Gasteiger partial charge in [0.1, 0.15) is 11.5 Å². The summed E-state index contributed by atoms with van der Waals surface area (Å²) in [6.07, 6.45) is 3.24. The zero-order chi connectivity index (χ0) is 18.6. The highest BCUT2D eigenvalue weighted by atomic mass is 16.2. The number of rotatable bonds is 4. The topological polar surface area (TPSA) is 66.7 Å². The molecule has 0 radical (unpaired) electrons. The molecular weight excluding hydrogens is 340 g/mol. The van der Waals surface area contributed by atoms with Gasteiger partial charge in [-0.2, -0.15) is 0 Å². The Morgan fingerprint density at radius 1 is 1.07 bits per heavy atom. The van der Waals surface area contributed by atoms with E-state index in [2.05, 4.69) is 15.2 Å². The fraction of sp³-hybridized carbons (Fsp3) is 0.286. The lowest BCUT2D eigenvalue weighted by molar-refractivity contribution is -0.125. The number of pyridine rings is 1. The number of fused-ring (bicyclic) bond motifs is 1. The molecule has 1 aromatic carbocycles. The molecule has 1 aliphatic rings. The minimum Gasteiger partial charge on any atom is -0.356 e. The molecule has 27 heavy (non-hydrogen) atoms. The van der Waals surface area contributed by atoms with E-state index in [0.29, 0.717) is 18.0 Å². The zero-order valence-electron chi connectivity index (χ0n) is 15.0. The van der Waals surface area contributed by atoms with Crippen LogP contribution in [-0.4, -0.2) is 28.4 Å². The van der Waals surface area contributed by atoms with Gasteiger partial charge < -0.3 is 10.2 Å². The molecule has 0 atom stereocenters. The number of carbonyl (C=O) groups is 1. The summed E-state index contributed by atoms with van der Waals surface area (Å²) in [5, 5.41) is 3.03. The van der Waals surface area contributed by atoms with Crippen molar-refractivity contribution in [3.8, 4) is 0 Å². The third kappa shape index (κ3) is 3.84. The maximum Gasteiger partial charge on any atom is 0.259 e. The summed E-state index contributed by atoms with van der Waals surface area (Å²) in [4.78, 5) is 31.4. The SMILES string of the molecule is O=C(NCc1ccccc1)C1CCN(c2cc(=O)n3ccccc3n2)CC1. The molecule has 0 saturated carbocycles. The first kappa shape index (κ1) is 17.3. The first-order chi connectivity index (χ1) is 13.2. The molecule has 1 fully saturated rings. The van der Waals surface area contributed by atoms with Gasteiger partial charge in [0, 0.05) is 37.8 Å². The van der Waals surface area contributed by atoms with Crippen LogP contribution < -0.4 is 15.8 Å². The third-order valence-electron chi connectivity index (χ3n) is 5.06. The predicted octanol–water partition coefficient (Wildman–Crippen LogP) is 2.23. The molecule has 1 saturated heterocycles. The quantitative estimate of drug-likeness (QED) is 0.773. The zero-order valence-corrected chi connectivity index (χ0v) is 15.0. The van der Waals surface area contributed by atoms with Crippen LogP contribution in [0.5, 0.6) is 0 Å². The summed E-state index contributed by atoms with van der Waals surface area (Å²) in [5.41, 5.74) is 1.66. The van der Waals surface area contributed by atoms with Gasteiger partial charge in [-0.1, -0.05) is 36.4 Å². The second kappa shape index (κ2) is 7.61. The largest absolute Gasteiger partial charge is 0.356 e. The first-order valence-corrected chi connectivity index (χ1v) is 9.26. The smallest absolute Gasteiger partial charge is 0.259 e. The van der Waals surface area contributed by atoms with E-state index in [1.54, 1.807) is 12.3 Å². The van der Waals surface area contributed by atoms with Crippen LogP contribution in [0.4, 0.5) is 5.82 Å². The van der Waals surface area contributed by atoms with Crippen molar-refractivity contribution in [2.45, 2.75) is 19.4 Å². The van der Waals surface area contributed by atoms with E-state index in [0.717, 1.165) is 31.5 Å². The number of nitrogens with one attached hydrogen (secondary N) is 1. The van der Waals surface area contributed by atoms with Gasteiger partial charge in [-0.15, -0.1) is 0 Å². The summed E-state index contributed by atoms with van der Waals surface area (Å²) in [6.45, 7) is 2.00. The van der Waals surface area contributed by atoms with Crippen LogP contribution in [0.1, 0.15) is 18.4 Å². The first-order valence-electron chi connectivity index (χ1n) is 9.26. The monoisotopic (exact) mass is 362 g/mol. The fourth-order valence-electron chi connectivity index (χ4n) is 3.50. The normalized spacial score (nSPS) is 15.0. The van der Waals surface area contributed by atoms with E-state index in [4.69, 9.17) is 0 Å². The van der Waals surface area contributed by atoms with E-state index in [9.17, 15) is 9.59 Å². The lowest BCUT2D eigenvalue weighted by Crippen LogP contribution is -2.41. The molecule has 1 aliphatic heterocycles. The van der Waals surface area contributed by atoms with Crippen LogP contribution in [0, 0.1) is 5.92 Å². The van der Waals surface area contributed by atoms with Gasteiger partial charge >= 0.3 is 0 Å². The molecule has 2 aromatic heterocycles. The van der Waals surface area contributed by atoms with Crippen LogP contribution in [0.25, 0.3) is 5.65 Å². The second-order valence-corrected chi connectivity index (χ2v) is 6.85. The Morgan fingerprint density at radius 3 is 2.59 bits per heavy atom. The number of piperidine rings is 1. The Bertz CT molecular complexity index is 992. The molecule has 6 nitrogen and oxygen atoms in total. The maximum absolute atomic E-state index is 12.4. The molecule has 4 rings (SSSR count). The van der Waals surface area contributed by atoms with Crippen molar-refractivity contribution in [1.29, 1.82) is 0 Å². The summed E-state index contributed by atoms with van der Waals surface area (Å²) in [5.74, 6) is 0.797. The lowest BCUT2D eigenvalue weighted by atomic mass is 9.96. The second-order valence-electron chi connectivity index (χ2n) is 6.85. The minimum absolute atomic E-state index is 0.00603. The molecule has 3 aromatic rings. The average molecular weight is 362 g/mol. The Morgan fingerprint density at radius 2 is 1.81 bits per heavy atom. The van der Waals surface area contributed by atoms with E-state index >= 15 is 0 Å². The van der Waals surface area contributed by atoms with Crippen LogP contribution in [0.15, 0.2) is 65.6 Å². The predicted molar refractivity (Wildman–Crippen MR) is 105 cm³/mol. The summed E-state index contributed by atoms with van der Waals surface area (Å²) in [7, 11) is 0. The molecule has 0 spiro atoms. The number of aromatic nitrogens is 2. The van der Waals surface area contributed by atoms with Gasteiger partial charge in [0.05, 0.1) is 0 Å². The number of benzene rings is 1. The third-order valence-corrected chi connectivity index (χ3v) is 5.06. The van der Waals surface area contributed by atoms with Crippen LogP contribution >= 0.6 is 0 Å². The number of anilines is 1. The van der Waals surface area contributed by atoms with Gasteiger partial charge in [-0.25, -0.2) is 4.98 Å².